The summed E-state index contributed by atoms with van der Waals surface area (Å²) < 4.78 is 0. The standard InChI is InChI=1S/C7H16N2O4/c1-3-12-8-7(11)9(5-6-10)13-4-2/h10H,3-6H2,1-2H3,(H,8,11). The molecule has 0 aliphatic rings. The van der Waals surface area contributed by atoms with Gasteiger partial charge >= 0.3 is 6.03 Å². The van der Waals surface area contributed by atoms with Gasteiger partial charge in [-0.05, 0) is 13.8 Å². The number of urea groups is 1. The Bertz CT molecular complexity index is 136. The van der Waals surface area contributed by atoms with Gasteiger partial charge in [0.1, 0.15) is 0 Å². The predicted octanol–water partition coefficient (Wildman–Crippen LogP) is -0.107. The van der Waals surface area contributed by atoms with Crippen molar-refractivity contribution < 1.29 is 19.6 Å². The third kappa shape index (κ3) is 5.40. The minimum Gasteiger partial charge on any atom is -0.394 e. The van der Waals surface area contributed by atoms with Gasteiger partial charge < -0.3 is 5.11 Å². The van der Waals surface area contributed by atoms with Gasteiger partial charge in [-0.15, -0.1) is 0 Å². The Morgan fingerprint density at radius 2 is 2.15 bits per heavy atom. The quantitative estimate of drug-likeness (QED) is 0.576. The van der Waals surface area contributed by atoms with Gasteiger partial charge in [-0.3, -0.25) is 9.68 Å². The number of hydrogen-bond acceptors (Lipinski definition) is 4. The van der Waals surface area contributed by atoms with Gasteiger partial charge in [-0.1, -0.05) is 0 Å². The van der Waals surface area contributed by atoms with E-state index in [9.17, 15) is 4.79 Å². The number of nitrogens with one attached hydrogen (secondary N) is 1. The molecule has 0 aromatic carbocycles. The lowest BCUT2D eigenvalue weighted by molar-refractivity contribution is -0.127. The van der Waals surface area contributed by atoms with Crippen molar-refractivity contribution in [3.8, 4) is 0 Å². The highest BCUT2D eigenvalue weighted by atomic mass is 16.7. The Morgan fingerprint density at radius 3 is 2.62 bits per heavy atom. The van der Waals surface area contributed by atoms with Gasteiger partial charge in [0.2, 0.25) is 0 Å². The number of rotatable bonds is 6. The molecule has 6 nitrogen and oxygen atoms in total. The lowest BCUT2D eigenvalue weighted by Crippen LogP contribution is -2.41. The van der Waals surface area contributed by atoms with Crippen LogP contribution < -0.4 is 5.48 Å². The first-order valence-corrected chi connectivity index (χ1v) is 4.19. The lowest BCUT2D eigenvalue weighted by Gasteiger charge is -2.19. The van der Waals surface area contributed by atoms with Gasteiger partial charge in [0.05, 0.1) is 26.4 Å². The smallest absolute Gasteiger partial charge is 0.365 e. The average Bonchev–Trinajstić information content (AvgIpc) is 2.14. The average molecular weight is 192 g/mol. The summed E-state index contributed by atoms with van der Waals surface area (Å²) in [6, 6.07) is -0.516. The molecular weight excluding hydrogens is 176 g/mol. The summed E-state index contributed by atoms with van der Waals surface area (Å²) >= 11 is 0. The highest BCUT2D eigenvalue weighted by Gasteiger charge is 2.12. The molecule has 0 aromatic rings. The summed E-state index contributed by atoms with van der Waals surface area (Å²) in [6.45, 7) is 4.20. The van der Waals surface area contributed by atoms with Crippen LogP contribution in [0.3, 0.4) is 0 Å². The van der Waals surface area contributed by atoms with E-state index in [-0.39, 0.29) is 13.2 Å². The largest absolute Gasteiger partial charge is 0.394 e. The molecule has 6 heteroatoms. The number of carbonyl (C=O) groups excluding carboxylic acids is 1. The molecule has 0 heterocycles. The van der Waals surface area contributed by atoms with E-state index in [0.717, 1.165) is 5.06 Å². The van der Waals surface area contributed by atoms with Crippen molar-refractivity contribution in [3.63, 3.8) is 0 Å². The van der Waals surface area contributed by atoms with Crippen LogP contribution in [0, 0.1) is 0 Å². The van der Waals surface area contributed by atoms with E-state index in [4.69, 9.17) is 9.94 Å². The Kier molecular flexibility index (Phi) is 7.27. The number of hydrogen-bond donors (Lipinski definition) is 2. The van der Waals surface area contributed by atoms with Gasteiger partial charge in [-0.2, -0.15) is 5.06 Å². The van der Waals surface area contributed by atoms with Crippen molar-refractivity contribution in [2.45, 2.75) is 13.8 Å². The Balaban J connectivity index is 3.80. The van der Waals surface area contributed by atoms with Crippen LogP contribution >= 0.6 is 0 Å². The van der Waals surface area contributed by atoms with E-state index in [1.807, 2.05) is 0 Å². The van der Waals surface area contributed by atoms with Gasteiger partial charge in [0, 0.05) is 0 Å². The van der Waals surface area contributed by atoms with Gasteiger partial charge in [0.15, 0.2) is 0 Å². The molecule has 0 radical (unpaired) electrons. The molecule has 0 aliphatic heterocycles. The van der Waals surface area contributed by atoms with E-state index in [2.05, 4.69) is 10.3 Å². The van der Waals surface area contributed by atoms with Crippen molar-refractivity contribution in [2.75, 3.05) is 26.4 Å². The molecule has 0 saturated carbocycles. The van der Waals surface area contributed by atoms with E-state index in [1.165, 1.54) is 0 Å². The summed E-state index contributed by atoms with van der Waals surface area (Å²) in [6.07, 6.45) is 0. The Morgan fingerprint density at radius 1 is 1.46 bits per heavy atom. The monoisotopic (exact) mass is 192 g/mol. The normalized spacial score (nSPS) is 9.77. The number of amides is 2. The zero-order valence-electron chi connectivity index (χ0n) is 7.95. The maximum atomic E-state index is 11.1. The molecule has 0 atom stereocenters. The fourth-order valence-electron chi connectivity index (χ4n) is 0.656. The number of hydroxylamine groups is 3. The summed E-state index contributed by atoms with van der Waals surface area (Å²) in [7, 11) is 0. The van der Waals surface area contributed by atoms with Gasteiger partial charge in [-0.25, -0.2) is 10.3 Å². The summed E-state index contributed by atoms with van der Waals surface area (Å²) in [5.74, 6) is 0. The molecule has 2 N–H and O–H groups in total. The van der Waals surface area contributed by atoms with Crippen molar-refractivity contribution in [1.29, 1.82) is 0 Å². The number of carbonyl (C=O) groups is 1. The molecule has 0 unspecified atom stereocenters. The zero-order chi connectivity index (χ0) is 10.1. The molecule has 0 saturated heterocycles. The summed E-state index contributed by atoms with van der Waals surface area (Å²) in [4.78, 5) is 20.7. The van der Waals surface area contributed by atoms with Crippen molar-refractivity contribution in [3.05, 3.63) is 0 Å². The molecule has 0 aliphatic carbocycles. The molecule has 78 valence electrons. The second kappa shape index (κ2) is 7.78. The van der Waals surface area contributed by atoms with E-state index in [1.54, 1.807) is 13.8 Å². The van der Waals surface area contributed by atoms with Crippen LogP contribution in [0.25, 0.3) is 0 Å². The number of nitrogens with zero attached hydrogens (tertiary/aromatic N) is 1. The Hall–Kier alpha value is -0.850. The minimum absolute atomic E-state index is 0.118. The van der Waals surface area contributed by atoms with Crippen LogP contribution in [0.5, 0.6) is 0 Å². The van der Waals surface area contributed by atoms with E-state index in [0.29, 0.717) is 13.2 Å². The van der Waals surface area contributed by atoms with Gasteiger partial charge in [0.25, 0.3) is 0 Å². The van der Waals surface area contributed by atoms with E-state index < -0.39 is 6.03 Å². The SMILES string of the molecule is CCONC(=O)N(CCO)OCC. The van der Waals surface area contributed by atoms with Crippen molar-refractivity contribution in [1.82, 2.24) is 10.5 Å². The first-order valence-electron chi connectivity index (χ1n) is 4.19. The fraction of sp³-hybridized carbons (Fsp3) is 0.857. The van der Waals surface area contributed by atoms with Crippen molar-refractivity contribution in [2.24, 2.45) is 0 Å². The fourth-order valence-corrected chi connectivity index (χ4v) is 0.656. The molecule has 0 aromatic heterocycles. The molecule has 2 amide bonds. The zero-order valence-corrected chi connectivity index (χ0v) is 7.95. The molecule has 13 heavy (non-hydrogen) atoms. The maximum Gasteiger partial charge on any atom is 0.365 e. The maximum absolute atomic E-state index is 11.1. The first kappa shape index (κ1) is 12.2. The summed E-state index contributed by atoms with van der Waals surface area (Å²) in [5.41, 5.74) is 2.15. The van der Waals surface area contributed by atoms with Crippen LogP contribution in [0.2, 0.25) is 0 Å². The van der Waals surface area contributed by atoms with Crippen LogP contribution in [-0.2, 0) is 9.68 Å². The molecule has 0 bridgehead atoms. The third-order valence-electron chi connectivity index (χ3n) is 1.12. The Labute approximate surface area is 77.3 Å². The lowest BCUT2D eigenvalue weighted by atomic mass is 10.7. The molecule has 0 fully saturated rings. The van der Waals surface area contributed by atoms with Crippen LogP contribution in [0.1, 0.15) is 13.8 Å². The number of aliphatic hydroxyl groups excluding tert-OH is 1. The highest BCUT2D eigenvalue weighted by molar-refractivity contribution is 5.71. The van der Waals surface area contributed by atoms with Crippen LogP contribution in [0.4, 0.5) is 4.79 Å². The minimum atomic E-state index is -0.516. The number of aliphatic hydroxyl groups is 1. The topological polar surface area (TPSA) is 71.0 Å². The molecular formula is C7H16N2O4. The second-order valence-electron chi connectivity index (χ2n) is 2.08. The molecule has 0 rings (SSSR count). The van der Waals surface area contributed by atoms with Crippen molar-refractivity contribution >= 4 is 6.03 Å². The third-order valence-corrected chi connectivity index (χ3v) is 1.12. The predicted molar refractivity (Wildman–Crippen MR) is 45.6 cm³/mol. The first-order chi connectivity index (χ1) is 6.26. The van der Waals surface area contributed by atoms with Crippen LogP contribution in [0.15, 0.2) is 0 Å². The molecule has 0 spiro atoms. The summed E-state index contributed by atoms with van der Waals surface area (Å²) in [5, 5.41) is 9.60. The van der Waals surface area contributed by atoms with Crippen LogP contribution in [-0.4, -0.2) is 42.6 Å². The van der Waals surface area contributed by atoms with E-state index >= 15 is 0 Å². The second-order valence-corrected chi connectivity index (χ2v) is 2.08. The highest BCUT2D eigenvalue weighted by Crippen LogP contribution is 1.90.